The minimum atomic E-state index is -0.632. The van der Waals surface area contributed by atoms with Crippen LogP contribution in [0.2, 0.25) is 0 Å². The Hall–Kier alpha value is -2.43. The lowest BCUT2D eigenvalue weighted by Crippen LogP contribution is -2.26. The smallest absolute Gasteiger partial charge is 0.269 e. The molecule has 0 bridgehead atoms. The molecule has 1 amide bonds. The zero-order valence-corrected chi connectivity index (χ0v) is 11.0. The molecule has 102 valence electrons. The van der Waals surface area contributed by atoms with Crippen LogP contribution in [-0.4, -0.2) is 15.7 Å². The largest absolute Gasteiger partial charge is 0.364 e. The van der Waals surface area contributed by atoms with Crippen molar-refractivity contribution in [1.29, 1.82) is 0 Å². The maximum absolute atomic E-state index is 11.8. The van der Waals surface area contributed by atoms with Gasteiger partial charge in [0.25, 0.3) is 11.5 Å². The predicted octanol–water partition coefficient (Wildman–Crippen LogP) is 0.879. The number of hydrogen-bond donors (Lipinski definition) is 1. The van der Waals surface area contributed by atoms with E-state index in [9.17, 15) is 9.59 Å². The second kappa shape index (κ2) is 4.92. The second-order valence-electron chi connectivity index (χ2n) is 5.04. The number of nitrogens with zero attached hydrogens (tertiary/aromatic N) is 2. The van der Waals surface area contributed by atoms with Crippen LogP contribution in [0, 0.1) is 0 Å². The van der Waals surface area contributed by atoms with Crippen molar-refractivity contribution < 1.29 is 4.79 Å². The maximum atomic E-state index is 11.8. The van der Waals surface area contributed by atoms with E-state index < -0.39 is 5.91 Å². The number of benzene rings is 1. The van der Waals surface area contributed by atoms with Crippen molar-refractivity contribution in [1.82, 2.24) is 9.78 Å². The molecule has 20 heavy (non-hydrogen) atoms. The molecule has 5 heteroatoms. The molecule has 1 aliphatic carbocycles. The molecule has 0 radical (unpaired) electrons. The molecule has 0 saturated heterocycles. The Morgan fingerprint density at radius 3 is 2.80 bits per heavy atom. The third-order valence-corrected chi connectivity index (χ3v) is 3.61. The fourth-order valence-electron chi connectivity index (χ4n) is 2.59. The standard InChI is InChI=1S/C15H15N3O2/c16-15(20)13-6-7-14(19)18(17-13)9-10-4-5-11-2-1-3-12(11)8-10/h4-8H,1-3,9H2,(H2,16,20). The summed E-state index contributed by atoms with van der Waals surface area (Å²) in [5.74, 6) is -0.632. The first-order valence-electron chi connectivity index (χ1n) is 6.62. The summed E-state index contributed by atoms with van der Waals surface area (Å²) in [6.45, 7) is 0.354. The molecule has 2 N–H and O–H groups in total. The number of nitrogens with two attached hydrogens (primary N) is 1. The number of fused-ring (bicyclic) bond motifs is 1. The summed E-state index contributed by atoms with van der Waals surface area (Å²) in [6, 6.07) is 8.91. The highest BCUT2D eigenvalue weighted by atomic mass is 16.1. The first-order chi connectivity index (χ1) is 9.63. The highest BCUT2D eigenvalue weighted by molar-refractivity contribution is 5.90. The van der Waals surface area contributed by atoms with Crippen LogP contribution in [0.15, 0.2) is 35.1 Å². The number of aryl methyl sites for hydroxylation is 2. The maximum Gasteiger partial charge on any atom is 0.269 e. The summed E-state index contributed by atoms with van der Waals surface area (Å²) in [6.07, 6.45) is 3.41. The fraction of sp³-hybridized carbons (Fsp3) is 0.267. The van der Waals surface area contributed by atoms with E-state index in [0.717, 1.165) is 18.4 Å². The summed E-state index contributed by atoms with van der Waals surface area (Å²) < 4.78 is 1.27. The van der Waals surface area contributed by atoms with E-state index in [2.05, 4.69) is 17.2 Å². The minimum Gasteiger partial charge on any atom is -0.364 e. The van der Waals surface area contributed by atoms with E-state index in [1.807, 2.05) is 6.07 Å². The van der Waals surface area contributed by atoms with Crippen molar-refractivity contribution in [2.75, 3.05) is 0 Å². The van der Waals surface area contributed by atoms with Gasteiger partial charge < -0.3 is 5.73 Å². The van der Waals surface area contributed by atoms with Crippen molar-refractivity contribution in [3.63, 3.8) is 0 Å². The zero-order chi connectivity index (χ0) is 14.1. The van der Waals surface area contributed by atoms with E-state index in [0.29, 0.717) is 6.54 Å². The number of carbonyl (C=O) groups excluding carboxylic acids is 1. The van der Waals surface area contributed by atoms with E-state index >= 15 is 0 Å². The lowest BCUT2D eigenvalue weighted by molar-refractivity contribution is 0.0993. The monoisotopic (exact) mass is 269 g/mol. The number of carbonyl (C=O) groups is 1. The van der Waals surface area contributed by atoms with Crippen LogP contribution in [0.5, 0.6) is 0 Å². The highest BCUT2D eigenvalue weighted by Gasteiger charge is 2.12. The third-order valence-electron chi connectivity index (χ3n) is 3.61. The Morgan fingerprint density at radius 2 is 2.00 bits per heavy atom. The van der Waals surface area contributed by atoms with Crippen LogP contribution in [0.25, 0.3) is 0 Å². The van der Waals surface area contributed by atoms with E-state index in [1.165, 1.54) is 34.4 Å². The van der Waals surface area contributed by atoms with Crippen molar-refractivity contribution in [2.45, 2.75) is 25.8 Å². The summed E-state index contributed by atoms with van der Waals surface area (Å²) >= 11 is 0. The Kier molecular flexibility index (Phi) is 3.10. The van der Waals surface area contributed by atoms with Crippen molar-refractivity contribution in [3.05, 3.63) is 63.1 Å². The van der Waals surface area contributed by atoms with Gasteiger partial charge in [-0.3, -0.25) is 9.59 Å². The van der Waals surface area contributed by atoms with E-state index in [-0.39, 0.29) is 11.3 Å². The number of amides is 1. The van der Waals surface area contributed by atoms with Gasteiger partial charge in [0.05, 0.1) is 6.54 Å². The molecular formula is C15H15N3O2. The molecule has 0 fully saturated rings. The minimum absolute atomic E-state index is 0.103. The fourth-order valence-corrected chi connectivity index (χ4v) is 2.59. The second-order valence-corrected chi connectivity index (χ2v) is 5.04. The van der Waals surface area contributed by atoms with Crippen LogP contribution in [0.1, 0.15) is 33.6 Å². The average molecular weight is 269 g/mol. The molecule has 5 nitrogen and oxygen atoms in total. The molecule has 0 unspecified atom stereocenters. The Balaban J connectivity index is 1.93. The topological polar surface area (TPSA) is 78.0 Å². The van der Waals surface area contributed by atoms with Gasteiger partial charge in [-0.1, -0.05) is 18.2 Å². The Bertz CT molecular complexity index is 734. The Morgan fingerprint density at radius 1 is 1.20 bits per heavy atom. The van der Waals surface area contributed by atoms with Crippen molar-refractivity contribution in [2.24, 2.45) is 5.73 Å². The van der Waals surface area contributed by atoms with Gasteiger partial charge in [0.2, 0.25) is 0 Å². The van der Waals surface area contributed by atoms with Gasteiger partial charge in [0.1, 0.15) is 5.69 Å². The summed E-state index contributed by atoms with van der Waals surface area (Å²) in [5, 5.41) is 3.99. The lowest BCUT2D eigenvalue weighted by atomic mass is 10.1. The van der Waals surface area contributed by atoms with Crippen molar-refractivity contribution >= 4 is 5.91 Å². The van der Waals surface area contributed by atoms with Gasteiger partial charge >= 0.3 is 0 Å². The quantitative estimate of drug-likeness (QED) is 0.898. The van der Waals surface area contributed by atoms with Gasteiger partial charge in [-0.25, -0.2) is 4.68 Å². The van der Waals surface area contributed by atoms with Crippen LogP contribution >= 0.6 is 0 Å². The summed E-state index contributed by atoms with van der Waals surface area (Å²) in [5.41, 5.74) is 8.80. The van der Waals surface area contributed by atoms with Gasteiger partial charge in [0.15, 0.2) is 0 Å². The molecule has 1 aromatic heterocycles. The molecule has 2 aromatic rings. The molecular weight excluding hydrogens is 254 g/mol. The molecule has 0 aliphatic heterocycles. The Labute approximate surface area is 116 Å². The number of aromatic nitrogens is 2. The van der Waals surface area contributed by atoms with Crippen LogP contribution < -0.4 is 11.3 Å². The molecule has 1 aromatic carbocycles. The molecule has 0 atom stereocenters. The normalized spacial score (nSPS) is 13.2. The van der Waals surface area contributed by atoms with E-state index in [1.54, 1.807) is 0 Å². The van der Waals surface area contributed by atoms with Gasteiger partial charge in [0, 0.05) is 6.07 Å². The lowest BCUT2D eigenvalue weighted by Gasteiger charge is -2.07. The summed E-state index contributed by atoms with van der Waals surface area (Å²) in [4.78, 5) is 22.9. The first-order valence-corrected chi connectivity index (χ1v) is 6.62. The van der Waals surface area contributed by atoms with Crippen LogP contribution in [0.4, 0.5) is 0 Å². The third kappa shape index (κ3) is 2.34. The molecule has 0 spiro atoms. The zero-order valence-electron chi connectivity index (χ0n) is 11.0. The number of hydrogen-bond acceptors (Lipinski definition) is 3. The van der Waals surface area contributed by atoms with Crippen LogP contribution in [-0.2, 0) is 19.4 Å². The summed E-state index contributed by atoms with van der Waals surface area (Å²) in [7, 11) is 0. The van der Waals surface area contributed by atoms with E-state index in [4.69, 9.17) is 5.73 Å². The molecule has 0 saturated carbocycles. The first kappa shape index (κ1) is 12.6. The van der Waals surface area contributed by atoms with Gasteiger partial charge in [-0.2, -0.15) is 5.10 Å². The predicted molar refractivity (Wildman–Crippen MR) is 74.6 cm³/mol. The molecule has 1 heterocycles. The molecule has 1 aliphatic rings. The van der Waals surface area contributed by atoms with Crippen molar-refractivity contribution in [3.8, 4) is 0 Å². The number of rotatable bonds is 3. The average Bonchev–Trinajstić information content (AvgIpc) is 2.88. The highest BCUT2D eigenvalue weighted by Crippen LogP contribution is 2.22. The van der Waals surface area contributed by atoms with Crippen LogP contribution in [0.3, 0.4) is 0 Å². The van der Waals surface area contributed by atoms with Gasteiger partial charge in [-0.15, -0.1) is 0 Å². The molecule has 3 rings (SSSR count). The number of primary amides is 1. The SMILES string of the molecule is NC(=O)c1ccc(=O)n(Cc2ccc3c(c2)CCC3)n1. The van der Waals surface area contributed by atoms with Gasteiger partial charge in [-0.05, 0) is 42.0 Å².